The van der Waals surface area contributed by atoms with Gasteiger partial charge in [0.25, 0.3) is 10.0 Å². The van der Waals surface area contributed by atoms with Gasteiger partial charge in [0.1, 0.15) is 6.54 Å². The number of hydrogen-bond donors (Lipinski definition) is 1. The maximum atomic E-state index is 12.5. The molecule has 0 saturated heterocycles. The SMILES string of the molecule is O=C1CN(S(=O)(=O)C(F)F)c2ccccc2N1. The summed E-state index contributed by atoms with van der Waals surface area (Å²) in [6.45, 7) is -0.635. The summed E-state index contributed by atoms with van der Waals surface area (Å²) in [5.74, 6) is -4.20. The lowest BCUT2D eigenvalue weighted by atomic mass is 10.2. The molecule has 0 aliphatic carbocycles. The van der Waals surface area contributed by atoms with Crippen molar-refractivity contribution in [2.45, 2.75) is 5.76 Å². The molecule has 92 valence electrons. The van der Waals surface area contributed by atoms with Crippen LogP contribution in [0.1, 0.15) is 0 Å². The minimum absolute atomic E-state index is 0.0485. The molecule has 0 aromatic heterocycles. The van der Waals surface area contributed by atoms with Gasteiger partial charge in [-0.1, -0.05) is 12.1 Å². The van der Waals surface area contributed by atoms with Crippen LogP contribution in [0.25, 0.3) is 0 Å². The number of fused-ring (bicyclic) bond motifs is 1. The highest BCUT2D eigenvalue weighted by atomic mass is 32.2. The molecule has 0 saturated carbocycles. The third-order valence-corrected chi connectivity index (χ3v) is 3.66. The van der Waals surface area contributed by atoms with Crippen molar-refractivity contribution in [2.24, 2.45) is 0 Å². The predicted octanol–water partition coefficient (Wildman–Crippen LogP) is 0.997. The Morgan fingerprint density at radius 1 is 1.29 bits per heavy atom. The molecule has 5 nitrogen and oxygen atoms in total. The topological polar surface area (TPSA) is 66.5 Å². The Balaban J connectivity index is 2.54. The highest BCUT2D eigenvalue weighted by molar-refractivity contribution is 7.93. The number of anilines is 2. The molecule has 1 aromatic rings. The number of carbonyl (C=O) groups is 1. The summed E-state index contributed by atoms with van der Waals surface area (Å²) in [4.78, 5) is 11.2. The van der Waals surface area contributed by atoms with E-state index in [1.54, 1.807) is 6.07 Å². The van der Waals surface area contributed by atoms with Gasteiger partial charge in [0.05, 0.1) is 11.4 Å². The summed E-state index contributed by atoms with van der Waals surface area (Å²) in [6.07, 6.45) is 0. The van der Waals surface area contributed by atoms with Crippen LogP contribution in [0.5, 0.6) is 0 Å². The first-order valence-electron chi connectivity index (χ1n) is 4.61. The molecule has 2 rings (SSSR count). The van der Waals surface area contributed by atoms with Crippen molar-refractivity contribution in [1.29, 1.82) is 0 Å². The molecule has 0 fully saturated rings. The van der Waals surface area contributed by atoms with Crippen molar-refractivity contribution in [3.05, 3.63) is 24.3 Å². The molecule has 1 heterocycles. The smallest absolute Gasteiger partial charge is 0.323 e. The van der Waals surface area contributed by atoms with E-state index < -0.39 is 28.2 Å². The standard InChI is InChI=1S/C9H8F2N2O3S/c10-9(11)17(15,16)13-5-8(14)12-6-3-1-2-4-7(6)13/h1-4,9H,5H2,(H,12,14). The molecule has 0 unspecified atom stereocenters. The number of alkyl halides is 2. The summed E-state index contributed by atoms with van der Waals surface area (Å²) in [7, 11) is -4.81. The average Bonchev–Trinajstić information content (AvgIpc) is 2.27. The summed E-state index contributed by atoms with van der Waals surface area (Å²) < 4.78 is 48.1. The molecule has 17 heavy (non-hydrogen) atoms. The van der Waals surface area contributed by atoms with Gasteiger partial charge in [-0.15, -0.1) is 0 Å². The number of nitrogens with zero attached hydrogens (tertiary/aromatic N) is 1. The second-order valence-corrected chi connectivity index (χ2v) is 5.20. The summed E-state index contributed by atoms with van der Waals surface area (Å²) >= 11 is 0. The van der Waals surface area contributed by atoms with E-state index in [1.807, 2.05) is 0 Å². The first-order chi connectivity index (χ1) is 7.93. The van der Waals surface area contributed by atoms with Crippen LogP contribution in [0.3, 0.4) is 0 Å². The minimum Gasteiger partial charge on any atom is -0.323 e. The highest BCUT2D eigenvalue weighted by Crippen LogP contribution is 2.32. The van der Waals surface area contributed by atoms with E-state index in [0.717, 1.165) is 0 Å². The molecule has 1 aromatic carbocycles. The highest BCUT2D eigenvalue weighted by Gasteiger charge is 2.37. The van der Waals surface area contributed by atoms with Gasteiger partial charge in [0.15, 0.2) is 0 Å². The molecule has 0 atom stereocenters. The average molecular weight is 262 g/mol. The molecule has 0 bridgehead atoms. The van der Waals surface area contributed by atoms with Crippen molar-refractivity contribution in [1.82, 2.24) is 0 Å². The first-order valence-corrected chi connectivity index (χ1v) is 6.12. The van der Waals surface area contributed by atoms with Gasteiger partial charge in [0, 0.05) is 0 Å². The number of amides is 1. The van der Waals surface area contributed by atoms with Crippen molar-refractivity contribution in [3.8, 4) is 0 Å². The summed E-state index contributed by atoms with van der Waals surface area (Å²) in [5, 5.41) is 2.41. The lowest BCUT2D eigenvalue weighted by molar-refractivity contribution is -0.115. The number of benzene rings is 1. The van der Waals surface area contributed by atoms with E-state index in [2.05, 4.69) is 5.32 Å². The van der Waals surface area contributed by atoms with Crippen molar-refractivity contribution in [3.63, 3.8) is 0 Å². The Hall–Kier alpha value is -1.70. The zero-order valence-corrected chi connectivity index (χ0v) is 9.25. The number of nitrogens with one attached hydrogen (secondary N) is 1. The van der Waals surface area contributed by atoms with Crippen LogP contribution in [0.4, 0.5) is 20.2 Å². The fraction of sp³-hybridized carbons (Fsp3) is 0.222. The first kappa shape index (κ1) is 11.8. The van der Waals surface area contributed by atoms with Crippen molar-refractivity contribution in [2.75, 3.05) is 16.2 Å². The number of halogens is 2. The molecule has 1 amide bonds. The second kappa shape index (κ2) is 3.95. The van der Waals surface area contributed by atoms with E-state index >= 15 is 0 Å². The van der Waals surface area contributed by atoms with E-state index in [-0.39, 0.29) is 11.4 Å². The Kier molecular flexibility index (Phi) is 2.74. The molecule has 0 spiro atoms. The number of para-hydroxylation sites is 2. The van der Waals surface area contributed by atoms with E-state index in [1.165, 1.54) is 18.2 Å². The minimum atomic E-state index is -4.81. The molecule has 0 radical (unpaired) electrons. The number of rotatable bonds is 2. The van der Waals surface area contributed by atoms with Crippen LogP contribution >= 0.6 is 0 Å². The van der Waals surface area contributed by atoms with Crippen LogP contribution in [0.15, 0.2) is 24.3 Å². The van der Waals surface area contributed by atoms with Crippen molar-refractivity contribution >= 4 is 27.3 Å². The van der Waals surface area contributed by atoms with Crippen LogP contribution < -0.4 is 9.62 Å². The second-order valence-electron chi connectivity index (χ2n) is 3.38. The third kappa shape index (κ3) is 1.95. The van der Waals surface area contributed by atoms with E-state index in [4.69, 9.17) is 0 Å². The zero-order valence-electron chi connectivity index (χ0n) is 8.43. The predicted molar refractivity (Wildman–Crippen MR) is 57.3 cm³/mol. The fourth-order valence-electron chi connectivity index (χ4n) is 1.53. The van der Waals surface area contributed by atoms with E-state index in [9.17, 15) is 22.0 Å². The van der Waals surface area contributed by atoms with Gasteiger partial charge >= 0.3 is 5.76 Å². The lowest BCUT2D eigenvalue weighted by Crippen LogP contribution is -2.44. The quantitative estimate of drug-likeness (QED) is 0.864. The normalized spacial score (nSPS) is 15.7. The summed E-state index contributed by atoms with van der Waals surface area (Å²) in [6, 6.07) is 5.87. The maximum absolute atomic E-state index is 12.5. The van der Waals surface area contributed by atoms with Gasteiger partial charge in [0.2, 0.25) is 5.91 Å². The molecule has 8 heteroatoms. The van der Waals surface area contributed by atoms with Gasteiger partial charge in [-0.25, -0.2) is 8.42 Å². The molecule has 1 N–H and O–H groups in total. The van der Waals surface area contributed by atoms with Crippen LogP contribution in [-0.4, -0.2) is 26.6 Å². The van der Waals surface area contributed by atoms with Gasteiger partial charge in [-0.05, 0) is 12.1 Å². The van der Waals surface area contributed by atoms with Gasteiger partial charge < -0.3 is 5.32 Å². The molecular formula is C9H8F2N2O3S. The van der Waals surface area contributed by atoms with Crippen LogP contribution in [0, 0.1) is 0 Å². The molecular weight excluding hydrogens is 254 g/mol. The number of carbonyl (C=O) groups excluding carboxylic acids is 1. The van der Waals surface area contributed by atoms with Crippen LogP contribution in [0.2, 0.25) is 0 Å². The molecule has 1 aliphatic rings. The lowest BCUT2D eigenvalue weighted by Gasteiger charge is -2.29. The summed E-state index contributed by atoms with van der Waals surface area (Å²) in [5.41, 5.74) is 0.250. The monoisotopic (exact) mass is 262 g/mol. The van der Waals surface area contributed by atoms with Crippen LogP contribution in [-0.2, 0) is 14.8 Å². The van der Waals surface area contributed by atoms with Gasteiger partial charge in [-0.3, -0.25) is 9.10 Å². The Labute approximate surface area is 96.1 Å². The van der Waals surface area contributed by atoms with Crippen molar-refractivity contribution < 1.29 is 22.0 Å². The number of sulfonamides is 1. The zero-order chi connectivity index (χ0) is 12.6. The Morgan fingerprint density at radius 2 is 1.94 bits per heavy atom. The number of hydrogen-bond acceptors (Lipinski definition) is 3. The maximum Gasteiger partial charge on any atom is 0.355 e. The van der Waals surface area contributed by atoms with Gasteiger partial charge in [-0.2, -0.15) is 8.78 Å². The van der Waals surface area contributed by atoms with E-state index in [0.29, 0.717) is 4.31 Å². The Morgan fingerprint density at radius 3 is 2.59 bits per heavy atom. The largest absolute Gasteiger partial charge is 0.355 e. The Bertz CT molecular complexity index is 559. The molecule has 1 aliphatic heterocycles. The third-order valence-electron chi connectivity index (χ3n) is 2.27. The fourth-order valence-corrected chi connectivity index (χ4v) is 2.45.